The average Bonchev–Trinajstić information content (AvgIpc) is 3.24. The van der Waals surface area contributed by atoms with Crippen molar-refractivity contribution >= 4 is 11.9 Å². The van der Waals surface area contributed by atoms with Gasteiger partial charge >= 0.3 is 5.97 Å². The minimum Gasteiger partial charge on any atom is -0.466 e. The Morgan fingerprint density at radius 2 is 0.864 bits per heavy atom. The summed E-state index contributed by atoms with van der Waals surface area (Å²) in [5.74, 6) is -0.127. The Labute approximate surface area is 366 Å². The Morgan fingerprint density at radius 3 is 1.34 bits per heavy atom. The van der Waals surface area contributed by atoms with Gasteiger partial charge in [-0.1, -0.05) is 230 Å². The summed E-state index contributed by atoms with van der Waals surface area (Å²) in [4.78, 5) is 24.5. The summed E-state index contributed by atoms with van der Waals surface area (Å²) >= 11 is 0. The number of unbranched alkanes of at least 4 members (excludes halogenated alkanes) is 32. The van der Waals surface area contributed by atoms with Crippen molar-refractivity contribution in [3.05, 3.63) is 36.5 Å². The molecule has 0 aromatic rings. The lowest BCUT2D eigenvalue weighted by molar-refractivity contribution is -0.143. The van der Waals surface area contributed by atoms with Crippen LogP contribution in [-0.2, 0) is 14.3 Å². The van der Waals surface area contributed by atoms with Gasteiger partial charge in [-0.05, 0) is 57.8 Å². The van der Waals surface area contributed by atoms with Crippen LogP contribution in [0.3, 0.4) is 0 Å². The van der Waals surface area contributed by atoms with Crippen LogP contribution in [0.1, 0.15) is 264 Å². The van der Waals surface area contributed by atoms with Crippen LogP contribution < -0.4 is 5.32 Å². The van der Waals surface area contributed by atoms with Gasteiger partial charge in [-0.25, -0.2) is 0 Å². The van der Waals surface area contributed by atoms with Crippen LogP contribution in [-0.4, -0.2) is 47.4 Å². The predicted octanol–water partition coefficient (Wildman–Crippen LogP) is 15.3. The van der Waals surface area contributed by atoms with Crippen molar-refractivity contribution in [2.24, 2.45) is 0 Å². The Kier molecular flexibility index (Phi) is 47.2. The summed E-state index contributed by atoms with van der Waals surface area (Å²) in [6, 6.07) is -0.646. The van der Waals surface area contributed by atoms with Crippen LogP contribution in [0.15, 0.2) is 36.5 Å². The van der Waals surface area contributed by atoms with E-state index in [-0.39, 0.29) is 18.5 Å². The van der Waals surface area contributed by atoms with E-state index in [1.807, 2.05) is 6.08 Å². The van der Waals surface area contributed by atoms with E-state index in [1.165, 1.54) is 167 Å². The van der Waals surface area contributed by atoms with E-state index in [4.69, 9.17) is 4.74 Å². The molecule has 346 valence electrons. The molecular formula is C53H99NO5. The quantitative estimate of drug-likeness (QED) is 0.0323. The third kappa shape index (κ3) is 45.4. The molecule has 2 atom stereocenters. The standard InChI is InChI=1S/C53H99NO5/c1-3-5-7-9-11-13-15-17-19-20-21-22-23-25-29-33-37-41-45-51(56)50(49-55)54-52(57)46-42-38-34-30-27-28-32-36-40-44-48-59-53(58)47-43-39-35-31-26-24-18-16-14-12-10-8-6-4-2/h10,12,16,18,41,45,50-51,55-56H,3-9,11,13-15,17,19-40,42-44,46-49H2,1-2H3,(H,54,57)/b12-10-,18-16-,45-41+. The fourth-order valence-corrected chi connectivity index (χ4v) is 7.65. The fraction of sp³-hybridized carbons (Fsp3) is 0.849. The fourth-order valence-electron chi connectivity index (χ4n) is 7.65. The number of aliphatic hydroxyl groups is 2. The zero-order chi connectivity index (χ0) is 43.0. The molecule has 0 heterocycles. The zero-order valence-corrected chi connectivity index (χ0v) is 39.2. The van der Waals surface area contributed by atoms with Gasteiger partial charge in [0, 0.05) is 12.8 Å². The second kappa shape index (κ2) is 48.7. The SMILES string of the molecule is CCCC/C=C\C/C=C\CCCCCCCC(=O)OCCCCCCCCCCCCC(=O)NC(CO)C(O)/C=C/CCCCCCCCCCCCCCCCCC. The van der Waals surface area contributed by atoms with Gasteiger partial charge in [0.25, 0.3) is 0 Å². The molecule has 0 aliphatic rings. The number of hydrogen-bond donors (Lipinski definition) is 3. The minimum absolute atomic E-state index is 0.0357. The first-order valence-corrected chi connectivity index (χ1v) is 25.8. The lowest BCUT2D eigenvalue weighted by Gasteiger charge is -2.20. The number of esters is 1. The molecule has 0 saturated carbocycles. The highest BCUT2D eigenvalue weighted by atomic mass is 16.5. The lowest BCUT2D eigenvalue weighted by Crippen LogP contribution is -2.45. The van der Waals surface area contributed by atoms with Crippen molar-refractivity contribution < 1.29 is 24.5 Å². The van der Waals surface area contributed by atoms with Crippen LogP contribution in [0.4, 0.5) is 0 Å². The Morgan fingerprint density at radius 1 is 0.475 bits per heavy atom. The molecule has 6 nitrogen and oxygen atoms in total. The number of ether oxygens (including phenoxy) is 1. The summed E-state index contributed by atoms with van der Waals surface area (Å²) in [6.07, 6.45) is 58.5. The van der Waals surface area contributed by atoms with Crippen molar-refractivity contribution in [2.75, 3.05) is 13.2 Å². The molecule has 0 spiro atoms. The van der Waals surface area contributed by atoms with Crippen molar-refractivity contribution in [3.63, 3.8) is 0 Å². The highest BCUT2D eigenvalue weighted by molar-refractivity contribution is 5.76. The molecule has 0 rings (SSSR count). The maximum atomic E-state index is 12.4. The van der Waals surface area contributed by atoms with Crippen molar-refractivity contribution in [1.82, 2.24) is 5.32 Å². The molecule has 2 unspecified atom stereocenters. The first-order chi connectivity index (χ1) is 29.0. The van der Waals surface area contributed by atoms with Crippen molar-refractivity contribution in [3.8, 4) is 0 Å². The molecule has 3 N–H and O–H groups in total. The van der Waals surface area contributed by atoms with E-state index >= 15 is 0 Å². The second-order valence-corrected chi connectivity index (χ2v) is 17.5. The average molecular weight is 830 g/mol. The van der Waals surface area contributed by atoms with E-state index in [1.54, 1.807) is 6.08 Å². The summed E-state index contributed by atoms with van der Waals surface area (Å²) in [6.45, 7) is 4.80. The number of nitrogens with one attached hydrogen (secondary N) is 1. The monoisotopic (exact) mass is 830 g/mol. The highest BCUT2D eigenvalue weighted by Crippen LogP contribution is 2.16. The molecular weight excluding hydrogens is 731 g/mol. The van der Waals surface area contributed by atoms with E-state index in [0.717, 1.165) is 70.6 Å². The number of allylic oxidation sites excluding steroid dienone is 5. The van der Waals surface area contributed by atoms with Crippen LogP contribution >= 0.6 is 0 Å². The number of aliphatic hydroxyl groups excluding tert-OH is 2. The molecule has 0 saturated heterocycles. The summed E-state index contributed by atoms with van der Waals surface area (Å²) in [7, 11) is 0. The van der Waals surface area contributed by atoms with Crippen molar-refractivity contribution in [2.45, 2.75) is 276 Å². The van der Waals surface area contributed by atoms with E-state index in [0.29, 0.717) is 19.4 Å². The van der Waals surface area contributed by atoms with Crippen LogP contribution in [0.2, 0.25) is 0 Å². The zero-order valence-electron chi connectivity index (χ0n) is 39.2. The molecule has 0 radical (unpaired) electrons. The van der Waals surface area contributed by atoms with Gasteiger partial charge in [-0.3, -0.25) is 9.59 Å². The Balaban J connectivity index is 3.54. The lowest BCUT2D eigenvalue weighted by atomic mass is 10.0. The first kappa shape index (κ1) is 57.1. The minimum atomic E-state index is -0.860. The predicted molar refractivity (Wildman–Crippen MR) is 255 cm³/mol. The van der Waals surface area contributed by atoms with Gasteiger partial charge in [-0.2, -0.15) is 0 Å². The number of rotatable bonds is 47. The van der Waals surface area contributed by atoms with E-state index in [9.17, 15) is 19.8 Å². The molecule has 0 aliphatic carbocycles. The van der Waals surface area contributed by atoms with Gasteiger partial charge in [-0.15, -0.1) is 0 Å². The van der Waals surface area contributed by atoms with Gasteiger partial charge in [0.2, 0.25) is 5.91 Å². The first-order valence-electron chi connectivity index (χ1n) is 25.8. The number of amides is 1. The van der Waals surface area contributed by atoms with Crippen LogP contribution in [0.25, 0.3) is 0 Å². The van der Waals surface area contributed by atoms with Gasteiger partial charge in [0.15, 0.2) is 0 Å². The molecule has 1 amide bonds. The van der Waals surface area contributed by atoms with Gasteiger partial charge < -0.3 is 20.3 Å². The molecule has 59 heavy (non-hydrogen) atoms. The molecule has 0 fully saturated rings. The van der Waals surface area contributed by atoms with Crippen LogP contribution in [0, 0.1) is 0 Å². The maximum Gasteiger partial charge on any atom is 0.305 e. The molecule has 0 bridgehead atoms. The number of carbonyl (C=O) groups is 2. The molecule has 6 heteroatoms. The van der Waals surface area contributed by atoms with E-state index in [2.05, 4.69) is 43.5 Å². The van der Waals surface area contributed by atoms with Gasteiger partial charge in [0.05, 0.1) is 25.4 Å². The van der Waals surface area contributed by atoms with Gasteiger partial charge in [0.1, 0.15) is 0 Å². The highest BCUT2D eigenvalue weighted by Gasteiger charge is 2.18. The summed E-state index contributed by atoms with van der Waals surface area (Å²) < 4.78 is 5.44. The smallest absolute Gasteiger partial charge is 0.305 e. The Hall–Kier alpha value is -1.92. The third-order valence-electron chi connectivity index (χ3n) is 11.7. The summed E-state index contributed by atoms with van der Waals surface area (Å²) in [5, 5.41) is 23.1. The molecule has 0 aliphatic heterocycles. The summed E-state index contributed by atoms with van der Waals surface area (Å²) in [5.41, 5.74) is 0. The normalized spacial score (nSPS) is 12.9. The Bertz CT molecular complexity index is 962. The van der Waals surface area contributed by atoms with E-state index < -0.39 is 12.1 Å². The third-order valence-corrected chi connectivity index (χ3v) is 11.7. The molecule has 0 aromatic heterocycles. The number of carbonyl (C=O) groups excluding carboxylic acids is 2. The largest absolute Gasteiger partial charge is 0.466 e. The number of hydrogen-bond acceptors (Lipinski definition) is 5. The second-order valence-electron chi connectivity index (χ2n) is 17.5. The van der Waals surface area contributed by atoms with Crippen LogP contribution in [0.5, 0.6) is 0 Å². The molecule has 0 aromatic carbocycles. The van der Waals surface area contributed by atoms with Crippen molar-refractivity contribution in [1.29, 1.82) is 0 Å². The topological polar surface area (TPSA) is 95.9 Å². The maximum absolute atomic E-state index is 12.4.